The van der Waals surface area contributed by atoms with Gasteiger partial charge in [-0.15, -0.1) is 0 Å². The summed E-state index contributed by atoms with van der Waals surface area (Å²) in [4.78, 5) is 12.6. The van der Waals surface area contributed by atoms with Crippen LogP contribution in [0.4, 0.5) is 18.9 Å². The van der Waals surface area contributed by atoms with Crippen molar-refractivity contribution in [3.8, 4) is 0 Å². The predicted octanol–water partition coefficient (Wildman–Crippen LogP) is 4.61. The lowest BCUT2D eigenvalue weighted by Gasteiger charge is -2.21. The zero-order valence-corrected chi connectivity index (χ0v) is 15.9. The molecular formula is C18H23ClF3N3O. The Morgan fingerprint density at radius 3 is 2.50 bits per heavy atom. The van der Waals surface area contributed by atoms with Crippen LogP contribution in [-0.2, 0) is 4.79 Å². The van der Waals surface area contributed by atoms with Crippen LogP contribution in [0, 0.1) is 5.92 Å². The van der Waals surface area contributed by atoms with Crippen molar-refractivity contribution in [3.63, 3.8) is 0 Å². The van der Waals surface area contributed by atoms with Crippen LogP contribution in [0.25, 0.3) is 0 Å². The second-order valence-corrected chi connectivity index (χ2v) is 7.30. The molecule has 1 aliphatic rings. The quantitative estimate of drug-likeness (QED) is 0.723. The third-order valence-corrected chi connectivity index (χ3v) is 4.72. The lowest BCUT2D eigenvalue weighted by molar-refractivity contribution is -0.153. The number of alkyl halides is 3. The monoisotopic (exact) mass is 389 g/mol. The number of nitrogens with zero attached hydrogens (tertiary/aromatic N) is 1. The maximum Gasteiger partial charge on any atom is 0.409 e. The molecule has 1 amide bonds. The van der Waals surface area contributed by atoms with Gasteiger partial charge in [-0.25, -0.2) is 5.43 Å². The van der Waals surface area contributed by atoms with Crippen LogP contribution >= 0.6 is 11.6 Å². The van der Waals surface area contributed by atoms with Crippen molar-refractivity contribution >= 4 is 23.2 Å². The molecule has 144 valence electrons. The van der Waals surface area contributed by atoms with Gasteiger partial charge in [-0.1, -0.05) is 50.6 Å². The van der Waals surface area contributed by atoms with Crippen LogP contribution in [0.2, 0.25) is 0 Å². The Balaban J connectivity index is 2.30. The summed E-state index contributed by atoms with van der Waals surface area (Å²) in [5.41, 5.74) is 3.01. The molecule has 1 aromatic rings. The van der Waals surface area contributed by atoms with Crippen LogP contribution in [-0.4, -0.2) is 30.2 Å². The number of rotatable bonds is 5. The molecule has 0 aliphatic carbocycles. The van der Waals surface area contributed by atoms with Crippen molar-refractivity contribution < 1.29 is 18.0 Å². The molecule has 0 aromatic heterocycles. The lowest BCUT2D eigenvalue weighted by Crippen LogP contribution is -2.46. The molecule has 2 unspecified atom stereocenters. The Bertz CT molecular complexity index is 703. The Morgan fingerprint density at radius 2 is 1.92 bits per heavy atom. The van der Waals surface area contributed by atoms with E-state index in [-0.39, 0.29) is 11.1 Å². The number of carbonyl (C=O) groups excluding carboxylic acids is 1. The number of amides is 1. The minimum Gasteiger partial charge on any atom is -0.322 e. The number of hydrogen-bond donors (Lipinski definition) is 2. The third kappa shape index (κ3) is 4.51. The maximum absolute atomic E-state index is 13.2. The van der Waals surface area contributed by atoms with E-state index in [0.29, 0.717) is 11.6 Å². The van der Waals surface area contributed by atoms with Crippen molar-refractivity contribution in [3.05, 3.63) is 40.6 Å². The first-order valence-electron chi connectivity index (χ1n) is 8.39. The largest absolute Gasteiger partial charge is 0.409 e. The van der Waals surface area contributed by atoms with Crippen molar-refractivity contribution in [2.75, 3.05) is 12.4 Å². The molecule has 0 fully saturated rings. The highest BCUT2D eigenvalue weighted by atomic mass is 35.5. The normalized spacial score (nSPS) is 19.3. The predicted molar refractivity (Wildman–Crippen MR) is 96.6 cm³/mol. The highest BCUT2D eigenvalue weighted by molar-refractivity contribution is 6.32. The molecule has 2 N–H and O–H groups in total. The minimum atomic E-state index is -4.64. The average molecular weight is 390 g/mol. The fraction of sp³-hybridized carbons (Fsp3) is 0.500. The van der Waals surface area contributed by atoms with Gasteiger partial charge in [-0.2, -0.15) is 13.2 Å². The summed E-state index contributed by atoms with van der Waals surface area (Å²) in [5.74, 6) is -0.259. The Kier molecular flexibility index (Phi) is 6.24. The summed E-state index contributed by atoms with van der Waals surface area (Å²) in [7, 11) is 1.33. The third-order valence-electron chi connectivity index (χ3n) is 4.26. The van der Waals surface area contributed by atoms with E-state index >= 15 is 0 Å². The number of hydrogen-bond acceptors (Lipinski definition) is 3. The highest BCUT2D eigenvalue weighted by Gasteiger charge is 2.50. The number of carbonyl (C=O) groups is 1. The van der Waals surface area contributed by atoms with E-state index in [4.69, 9.17) is 11.6 Å². The molecule has 8 heteroatoms. The van der Waals surface area contributed by atoms with Crippen molar-refractivity contribution in [2.45, 2.75) is 45.3 Å². The summed E-state index contributed by atoms with van der Waals surface area (Å²) in [5, 5.41) is 3.35. The molecule has 1 aromatic carbocycles. The Hall–Kier alpha value is -1.73. The molecule has 2 rings (SSSR count). The molecule has 1 aliphatic heterocycles. The molecule has 2 atom stereocenters. The van der Waals surface area contributed by atoms with Crippen molar-refractivity contribution in [1.82, 2.24) is 10.4 Å². The van der Waals surface area contributed by atoms with Crippen LogP contribution < -0.4 is 10.7 Å². The van der Waals surface area contributed by atoms with Crippen molar-refractivity contribution in [1.29, 1.82) is 0 Å². The molecule has 0 radical (unpaired) electrons. The van der Waals surface area contributed by atoms with Gasteiger partial charge in [-0.3, -0.25) is 9.80 Å². The van der Waals surface area contributed by atoms with E-state index in [1.54, 1.807) is 12.1 Å². The summed E-state index contributed by atoms with van der Waals surface area (Å²) < 4.78 is 39.7. The molecule has 0 saturated heterocycles. The number of nitrogens with one attached hydrogen (secondary N) is 2. The van der Waals surface area contributed by atoms with Gasteiger partial charge in [0.2, 0.25) is 0 Å². The van der Waals surface area contributed by atoms with E-state index in [2.05, 4.69) is 24.6 Å². The Labute approximate surface area is 156 Å². The molecule has 0 spiro atoms. The van der Waals surface area contributed by atoms with Crippen molar-refractivity contribution in [2.24, 2.45) is 5.92 Å². The van der Waals surface area contributed by atoms with Gasteiger partial charge in [0.25, 0.3) is 5.91 Å². The summed E-state index contributed by atoms with van der Waals surface area (Å²) in [6, 6.07) is 5.00. The zero-order valence-electron chi connectivity index (χ0n) is 15.1. The number of anilines is 1. The molecular weight excluding hydrogens is 367 g/mol. The van der Waals surface area contributed by atoms with Crippen LogP contribution in [0.5, 0.6) is 0 Å². The number of halogens is 4. The molecule has 0 saturated carbocycles. The van der Waals surface area contributed by atoms with Gasteiger partial charge in [0, 0.05) is 12.7 Å². The molecule has 1 heterocycles. The number of benzene rings is 1. The molecule has 26 heavy (non-hydrogen) atoms. The second-order valence-electron chi connectivity index (χ2n) is 6.94. The maximum atomic E-state index is 13.2. The fourth-order valence-electron chi connectivity index (χ4n) is 3.14. The summed E-state index contributed by atoms with van der Waals surface area (Å²) in [6.45, 7) is 6.22. The SMILES string of the molecule is CC(C)CC(C)c1ccccc1NC(=O)C1=C(Cl)N(C)NC1C(F)(F)F. The first-order chi connectivity index (χ1) is 12.0. The topological polar surface area (TPSA) is 44.4 Å². The van der Waals surface area contributed by atoms with E-state index in [0.717, 1.165) is 17.0 Å². The average Bonchev–Trinajstić information content (AvgIpc) is 2.83. The van der Waals surface area contributed by atoms with Crippen LogP contribution in [0.15, 0.2) is 35.0 Å². The van der Waals surface area contributed by atoms with Gasteiger partial charge in [0.05, 0.1) is 5.57 Å². The summed E-state index contributed by atoms with van der Waals surface area (Å²) in [6.07, 6.45) is -3.74. The van der Waals surface area contributed by atoms with E-state index in [1.165, 1.54) is 7.05 Å². The second kappa shape index (κ2) is 7.88. The lowest BCUT2D eigenvalue weighted by atomic mass is 9.91. The van der Waals surface area contributed by atoms with Crippen LogP contribution in [0.3, 0.4) is 0 Å². The van der Waals surface area contributed by atoms with E-state index in [9.17, 15) is 18.0 Å². The number of hydrazine groups is 1. The zero-order chi connectivity index (χ0) is 19.6. The van der Waals surface area contributed by atoms with Gasteiger partial charge in [0.15, 0.2) is 6.04 Å². The molecule has 4 nitrogen and oxygen atoms in total. The van der Waals surface area contributed by atoms with Gasteiger partial charge < -0.3 is 5.32 Å². The smallest absolute Gasteiger partial charge is 0.322 e. The van der Waals surface area contributed by atoms with Gasteiger partial charge in [-0.05, 0) is 29.9 Å². The van der Waals surface area contributed by atoms with E-state index in [1.807, 2.05) is 19.1 Å². The minimum absolute atomic E-state index is 0.152. The van der Waals surface area contributed by atoms with Crippen LogP contribution in [0.1, 0.15) is 38.7 Å². The fourth-order valence-corrected chi connectivity index (χ4v) is 3.38. The summed E-state index contributed by atoms with van der Waals surface area (Å²) >= 11 is 5.94. The Morgan fingerprint density at radius 1 is 1.31 bits per heavy atom. The first-order valence-corrected chi connectivity index (χ1v) is 8.76. The standard InChI is InChI=1S/C18H23ClF3N3O/c1-10(2)9-11(3)12-7-5-6-8-13(12)23-17(26)14-15(18(20,21)22)24-25(4)16(14)19/h5-8,10-11,15,24H,9H2,1-4H3,(H,23,26). The first kappa shape index (κ1) is 20.6. The molecule has 0 bridgehead atoms. The van der Waals surface area contributed by atoms with Gasteiger partial charge >= 0.3 is 6.18 Å². The van der Waals surface area contributed by atoms with E-state index < -0.39 is 23.7 Å². The van der Waals surface area contributed by atoms with Gasteiger partial charge in [0.1, 0.15) is 5.16 Å². The number of para-hydroxylation sites is 1. The highest BCUT2D eigenvalue weighted by Crippen LogP contribution is 2.35.